The number of piperazine rings is 1. The van der Waals surface area contributed by atoms with Gasteiger partial charge in [-0.3, -0.25) is 9.80 Å². The maximum absolute atomic E-state index is 5.92. The minimum Gasteiger partial charge on any atom is -0.354 e. The van der Waals surface area contributed by atoms with E-state index in [2.05, 4.69) is 26.6 Å². The van der Waals surface area contributed by atoms with Crippen LogP contribution >= 0.6 is 11.6 Å². The van der Waals surface area contributed by atoms with Gasteiger partial charge in [-0.05, 0) is 38.1 Å². The van der Waals surface area contributed by atoms with Crippen molar-refractivity contribution in [1.82, 2.24) is 14.8 Å². The quantitative estimate of drug-likeness (QED) is 0.850. The summed E-state index contributed by atoms with van der Waals surface area (Å²) in [7, 11) is 0. The lowest BCUT2D eigenvalue weighted by Crippen LogP contribution is -2.52. The van der Waals surface area contributed by atoms with Gasteiger partial charge < -0.3 is 4.90 Å². The van der Waals surface area contributed by atoms with Gasteiger partial charge in [-0.15, -0.1) is 0 Å². The van der Waals surface area contributed by atoms with E-state index in [1.54, 1.807) is 6.20 Å². The fourth-order valence-electron chi connectivity index (χ4n) is 3.70. The van der Waals surface area contributed by atoms with E-state index < -0.39 is 0 Å². The van der Waals surface area contributed by atoms with Gasteiger partial charge in [-0.1, -0.05) is 24.9 Å². The van der Waals surface area contributed by atoms with E-state index in [0.717, 1.165) is 38.0 Å². The standard InChI is InChI=1S/C17H27ClN4/c1-2-21-8-4-3-5-16(21)14-20-9-11-22(12-10-20)17-7-6-15(18)13-19-17/h6-7,13,16H,2-5,8-12,14H2,1H3. The molecule has 0 aromatic carbocycles. The van der Waals surface area contributed by atoms with Crippen LogP contribution in [0.25, 0.3) is 0 Å². The Balaban J connectivity index is 1.50. The number of nitrogens with zero attached hydrogens (tertiary/aromatic N) is 4. The van der Waals surface area contributed by atoms with Crippen molar-refractivity contribution < 1.29 is 0 Å². The number of hydrogen-bond acceptors (Lipinski definition) is 4. The van der Waals surface area contributed by atoms with Crippen molar-refractivity contribution in [1.29, 1.82) is 0 Å². The lowest BCUT2D eigenvalue weighted by atomic mass is 10.0. The molecule has 0 radical (unpaired) electrons. The van der Waals surface area contributed by atoms with Gasteiger partial charge >= 0.3 is 0 Å². The van der Waals surface area contributed by atoms with Crippen LogP contribution in [0.2, 0.25) is 5.02 Å². The van der Waals surface area contributed by atoms with Crippen LogP contribution < -0.4 is 4.90 Å². The van der Waals surface area contributed by atoms with Gasteiger partial charge in [-0.2, -0.15) is 0 Å². The molecule has 0 saturated carbocycles. The minimum absolute atomic E-state index is 0.708. The van der Waals surface area contributed by atoms with Gasteiger partial charge in [0.15, 0.2) is 0 Å². The summed E-state index contributed by atoms with van der Waals surface area (Å²) in [5.74, 6) is 1.05. The lowest BCUT2D eigenvalue weighted by Gasteiger charge is -2.41. The van der Waals surface area contributed by atoms with Crippen molar-refractivity contribution in [2.75, 3.05) is 50.7 Å². The summed E-state index contributed by atoms with van der Waals surface area (Å²) in [6.07, 6.45) is 5.88. The molecule has 0 aliphatic carbocycles. The molecule has 3 heterocycles. The molecule has 2 saturated heterocycles. The molecule has 1 aromatic heterocycles. The monoisotopic (exact) mass is 322 g/mol. The zero-order valence-corrected chi connectivity index (χ0v) is 14.3. The Morgan fingerprint density at radius 1 is 1.14 bits per heavy atom. The highest BCUT2D eigenvalue weighted by Crippen LogP contribution is 2.20. The van der Waals surface area contributed by atoms with Crippen LogP contribution in [0.3, 0.4) is 0 Å². The van der Waals surface area contributed by atoms with E-state index in [9.17, 15) is 0 Å². The first-order valence-electron chi connectivity index (χ1n) is 8.59. The molecule has 3 rings (SSSR count). The number of likely N-dealkylation sites (N-methyl/N-ethyl adjacent to an activating group) is 1. The highest BCUT2D eigenvalue weighted by atomic mass is 35.5. The van der Waals surface area contributed by atoms with E-state index >= 15 is 0 Å². The zero-order chi connectivity index (χ0) is 15.4. The van der Waals surface area contributed by atoms with Gasteiger partial charge in [0.2, 0.25) is 0 Å². The molecule has 0 N–H and O–H groups in total. The second-order valence-electron chi connectivity index (χ2n) is 6.40. The van der Waals surface area contributed by atoms with Gasteiger partial charge in [0, 0.05) is 45.0 Å². The predicted molar refractivity (Wildman–Crippen MR) is 92.8 cm³/mol. The average molecular weight is 323 g/mol. The molecule has 2 aliphatic rings. The highest BCUT2D eigenvalue weighted by Gasteiger charge is 2.25. The first-order chi connectivity index (χ1) is 10.8. The molecule has 1 atom stereocenters. The van der Waals surface area contributed by atoms with Crippen LogP contribution in [-0.4, -0.2) is 66.6 Å². The molecule has 0 amide bonds. The minimum atomic E-state index is 0.708. The largest absolute Gasteiger partial charge is 0.354 e. The third-order valence-corrected chi connectivity index (χ3v) is 5.26. The zero-order valence-electron chi connectivity index (χ0n) is 13.5. The summed E-state index contributed by atoms with van der Waals surface area (Å²) in [6, 6.07) is 4.72. The van der Waals surface area contributed by atoms with Gasteiger partial charge in [-0.25, -0.2) is 4.98 Å². The fourth-order valence-corrected chi connectivity index (χ4v) is 3.81. The smallest absolute Gasteiger partial charge is 0.128 e. The number of aromatic nitrogens is 1. The Hall–Kier alpha value is -0.840. The Morgan fingerprint density at radius 2 is 1.95 bits per heavy atom. The molecule has 122 valence electrons. The van der Waals surface area contributed by atoms with Gasteiger partial charge in [0.25, 0.3) is 0 Å². The Kier molecular flexibility index (Phi) is 5.55. The maximum Gasteiger partial charge on any atom is 0.128 e. The third-order valence-electron chi connectivity index (χ3n) is 5.03. The summed E-state index contributed by atoms with van der Waals surface area (Å²) >= 11 is 5.92. The number of likely N-dealkylation sites (tertiary alicyclic amines) is 1. The molecule has 1 aromatic rings. The summed E-state index contributed by atoms with van der Waals surface area (Å²) in [4.78, 5) is 12.1. The summed E-state index contributed by atoms with van der Waals surface area (Å²) < 4.78 is 0. The molecule has 0 bridgehead atoms. The van der Waals surface area contributed by atoms with Crippen LogP contribution in [0.5, 0.6) is 0 Å². The summed E-state index contributed by atoms with van der Waals surface area (Å²) in [5.41, 5.74) is 0. The van der Waals surface area contributed by atoms with Crippen molar-refractivity contribution in [3.8, 4) is 0 Å². The van der Waals surface area contributed by atoms with Crippen LogP contribution in [-0.2, 0) is 0 Å². The average Bonchev–Trinajstić information content (AvgIpc) is 2.57. The van der Waals surface area contributed by atoms with Crippen LogP contribution in [0.1, 0.15) is 26.2 Å². The normalized spacial score (nSPS) is 24.6. The molecule has 0 spiro atoms. The van der Waals surface area contributed by atoms with Gasteiger partial charge in [0.1, 0.15) is 5.82 Å². The Morgan fingerprint density at radius 3 is 2.64 bits per heavy atom. The molecular formula is C17H27ClN4. The predicted octanol–water partition coefficient (Wildman–Crippen LogP) is 2.73. The van der Waals surface area contributed by atoms with Crippen LogP contribution in [0, 0.1) is 0 Å². The van der Waals surface area contributed by atoms with E-state index in [4.69, 9.17) is 11.6 Å². The lowest BCUT2D eigenvalue weighted by molar-refractivity contribution is 0.106. The van der Waals surface area contributed by atoms with Gasteiger partial charge in [0.05, 0.1) is 5.02 Å². The van der Waals surface area contributed by atoms with Crippen molar-refractivity contribution >= 4 is 17.4 Å². The van der Waals surface area contributed by atoms with E-state index in [1.807, 2.05) is 12.1 Å². The number of halogens is 1. The number of anilines is 1. The fraction of sp³-hybridized carbons (Fsp3) is 0.706. The molecule has 4 nitrogen and oxygen atoms in total. The van der Waals surface area contributed by atoms with Crippen molar-refractivity contribution in [3.63, 3.8) is 0 Å². The maximum atomic E-state index is 5.92. The third kappa shape index (κ3) is 3.92. The van der Waals surface area contributed by atoms with Crippen LogP contribution in [0.4, 0.5) is 5.82 Å². The molecule has 1 unspecified atom stereocenters. The SMILES string of the molecule is CCN1CCCCC1CN1CCN(c2ccc(Cl)cn2)CC1. The highest BCUT2D eigenvalue weighted by molar-refractivity contribution is 6.30. The number of piperidine rings is 1. The summed E-state index contributed by atoms with van der Waals surface area (Å²) in [6.45, 7) is 10.4. The molecule has 5 heteroatoms. The van der Waals surface area contributed by atoms with E-state index in [-0.39, 0.29) is 0 Å². The topological polar surface area (TPSA) is 22.6 Å². The van der Waals surface area contributed by atoms with E-state index in [1.165, 1.54) is 38.9 Å². The van der Waals surface area contributed by atoms with Crippen LogP contribution in [0.15, 0.2) is 18.3 Å². The molecule has 22 heavy (non-hydrogen) atoms. The molecule has 2 aliphatic heterocycles. The second-order valence-corrected chi connectivity index (χ2v) is 6.84. The Bertz CT molecular complexity index is 456. The number of pyridine rings is 1. The first-order valence-corrected chi connectivity index (χ1v) is 8.97. The van der Waals surface area contributed by atoms with Crippen molar-refractivity contribution in [3.05, 3.63) is 23.4 Å². The molecule has 2 fully saturated rings. The Labute approximate surface area is 139 Å². The van der Waals surface area contributed by atoms with Crippen molar-refractivity contribution in [2.45, 2.75) is 32.2 Å². The number of rotatable bonds is 4. The number of hydrogen-bond donors (Lipinski definition) is 0. The summed E-state index contributed by atoms with van der Waals surface area (Å²) in [5, 5.41) is 0.708. The second kappa shape index (κ2) is 7.62. The first kappa shape index (κ1) is 16.0. The molecular weight excluding hydrogens is 296 g/mol. The van der Waals surface area contributed by atoms with Crippen molar-refractivity contribution in [2.24, 2.45) is 0 Å². The van der Waals surface area contributed by atoms with E-state index in [0.29, 0.717) is 5.02 Å².